The Hall–Kier alpha value is -1.55. The van der Waals surface area contributed by atoms with E-state index in [0.717, 1.165) is 22.4 Å². The molecule has 6 heteroatoms. The van der Waals surface area contributed by atoms with Crippen molar-refractivity contribution in [2.75, 3.05) is 5.32 Å². The van der Waals surface area contributed by atoms with Crippen LogP contribution in [0.15, 0.2) is 48.8 Å². The second-order valence-electron chi connectivity index (χ2n) is 4.02. The summed E-state index contributed by atoms with van der Waals surface area (Å²) in [6.45, 7) is 0. The van der Waals surface area contributed by atoms with Gasteiger partial charge in [0, 0.05) is 21.1 Å². The number of halogens is 3. The maximum absolute atomic E-state index is 6.01. The van der Waals surface area contributed by atoms with Crippen molar-refractivity contribution in [2.45, 2.75) is 0 Å². The van der Waals surface area contributed by atoms with Crippen LogP contribution in [0.25, 0.3) is 10.9 Å². The summed E-state index contributed by atoms with van der Waals surface area (Å²) in [5, 5.41) is 5.46. The van der Waals surface area contributed by atoms with Crippen LogP contribution in [0.2, 0.25) is 10.0 Å². The standard InChI is InChI=1S/C14H9Cl2N3.ClH/c15-9-1-4-11(5-2-9)19-14-12-7-10(16)3-6-13(12)17-8-18-14;/h1-8H,(H,17,18,19);1H. The Morgan fingerprint density at radius 3 is 2.30 bits per heavy atom. The van der Waals surface area contributed by atoms with Crippen LogP contribution >= 0.6 is 35.6 Å². The SMILES string of the molecule is Cl.Clc1ccc(Nc2ncnc3ccc(Cl)cc23)cc1. The Morgan fingerprint density at radius 1 is 0.850 bits per heavy atom. The second-order valence-corrected chi connectivity index (χ2v) is 4.89. The van der Waals surface area contributed by atoms with Gasteiger partial charge in [-0.15, -0.1) is 12.4 Å². The number of anilines is 2. The molecule has 1 N–H and O–H groups in total. The lowest BCUT2D eigenvalue weighted by molar-refractivity contribution is 1.22. The van der Waals surface area contributed by atoms with Crippen molar-refractivity contribution >= 4 is 58.0 Å². The molecule has 0 amide bonds. The highest BCUT2D eigenvalue weighted by molar-refractivity contribution is 6.31. The van der Waals surface area contributed by atoms with Crippen LogP contribution < -0.4 is 5.32 Å². The van der Waals surface area contributed by atoms with Gasteiger partial charge >= 0.3 is 0 Å². The summed E-state index contributed by atoms with van der Waals surface area (Å²) in [7, 11) is 0. The van der Waals surface area contributed by atoms with E-state index in [1.807, 2.05) is 42.5 Å². The van der Waals surface area contributed by atoms with E-state index in [9.17, 15) is 0 Å². The van der Waals surface area contributed by atoms with Gasteiger partial charge in [0.05, 0.1) is 5.52 Å². The van der Waals surface area contributed by atoms with E-state index in [4.69, 9.17) is 23.2 Å². The summed E-state index contributed by atoms with van der Waals surface area (Å²) in [6.07, 6.45) is 1.52. The second kappa shape index (κ2) is 6.27. The van der Waals surface area contributed by atoms with Crippen molar-refractivity contribution in [3.8, 4) is 0 Å². The van der Waals surface area contributed by atoms with Gasteiger partial charge < -0.3 is 5.32 Å². The summed E-state index contributed by atoms with van der Waals surface area (Å²) in [6, 6.07) is 12.9. The highest BCUT2D eigenvalue weighted by atomic mass is 35.5. The number of aromatic nitrogens is 2. The van der Waals surface area contributed by atoms with Crippen LogP contribution in [-0.2, 0) is 0 Å². The highest BCUT2D eigenvalue weighted by Crippen LogP contribution is 2.26. The molecular weight excluding hydrogens is 317 g/mol. The molecule has 0 saturated heterocycles. The summed E-state index contributed by atoms with van der Waals surface area (Å²) in [4.78, 5) is 8.46. The first-order chi connectivity index (χ1) is 9.22. The summed E-state index contributed by atoms with van der Waals surface area (Å²) < 4.78 is 0. The van der Waals surface area contributed by atoms with Crippen LogP contribution in [0.3, 0.4) is 0 Å². The maximum Gasteiger partial charge on any atom is 0.141 e. The summed E-state index contributed by atoms with van der Waals surface area (Å²) >= 11 is 11.9. The van der Waals surface area contributed by atoms with Crippen molar-refractivity contribution in [1.82, 2.24) is 9.97 Å². The number of hydrogen-bond donors (Lipinski definition) is 1. The molecule has 0 spiro atoms. The molecule has 3 aromatic rings. The third-order valence-corrected chi connectivity index (χ3v) is 3.19. The number of nitrogens with one attached hydrogen (secondary N) is 1. The molecule has 0 saturated carbocycles. The fourth-order valence-electron chi connectivity index (χ4n) is 1.80. The predicted octanol–water partition coefficient (Wildman–Crippen LogP) is 5.10. The lowest BCUT2D eigenvalue weighted by Gasteiger charge is -2.08. The fraction of sp³-hybridized carbons (Fsp3) is 0. The minimum atomic E-state index is 0. The fourth-order valence-corrected chi connectivity index (χ4v) is 2.10. The van der Waals surface area contributed by atoms with E-state index in [2.05, 4.69) is 15.3 Å². The van der Waals surface area contributed by atoms with E-state index in [1.54, 1.807) is 0 Å². The lowest BCUT2D eigenvalue weighted by atomic mass is 10.2. The van der Waals surface area contributed by atoms with Gasteiger partial charge in [0.2, 0.25) is 0 Å². The van der Waals surface area contributed by atoms with E-state index >= 15 is 0 Å². The molecule has 0 aliphatic carbocycles. The highest BCUT2D eigenvalue weighted by Gasteiger charge is 2.04. The zero-order valence-electron chi connectivity index (χ0n) is 10.2. The maximum atomic E-state index is 6.01. The van der Waals surface area contributed by atoms with Gasteiger partial charge in [-0.2, -0.15) is 0 Å². The van der Waals surface area contributed by atoms with Gasteiger partial charge in [0.15, 0.2) is 0 Å². The molecule has 0 bridgehead atoms. The number of hydrogen-bond acceptors (Lipinski definition) is 3. The molecule has 3 rings (SSSR count). The first-order valence-electron chi connectivity index (χ1n) is 5.65. The van der Waals surface area contributed by atoms with E-state index < -0.39 is 0 Å². The molecule has 2 aromatic carbocycles. The first-order valence-corrected chi connectivity index (χ1v) is 6.41. The Kier molecular flexibility index (Phi) is 4.65. The molecule has 0 radical (unpaired) electrons. The molecule has 20 heavy (non-hydrogen) atoms. The number of benzene rings is 2. The Balaban J connectivity index is 0.00000147. The van der Waals surface area contributed by atoms with Gasteiger partial charge in [0.1, 0.15) is 12.1 Å². The van der Waals surface area contributed by atoms with Gasteiger partial charge in [-0.3, -0.25) is 0 Å². The molecule has 0 atom stereocenters. The molecule has 0 fully saturated rings. The van der Waals surface area contributed by atoms with Crippen molar-refractivity contribution < 1.29 is 0 Å². The molecule has 102 valence electrons. The van der Waals surface area contributed by atoms with Crippen molar-refractivity contribution in [1.29, 1.82) is 0 Å². The van der Waals surface area contributed by atoms with Gasteiger partial charge in [-0.25, -0.2) is 9.97 Å². The Bertz CT molecular complexity index is 729. The van der Waals surface area contributed by atoms with Crippen LogP contribution in [0.1, 0.15) is 0 Å². The average molecular weight is 327 g/mol. The van der Waals surface area contributed by atoms with Crippen LogP contribution in [-0.4, -0.2) is 9.97 Å². The largest absolute Gasteiger partial charge is 0.340 e. The minimum Gasteiger partial charge on any atom is -0.340 e. The Labute approximate surface area is 132 Å². The number of fused-ring (bicyclic) bond motifs is 1. The van der Waals surface area contributed by atoms with Crippen LogP contribution in [0, 0.1) is 0 Å². The molecule has 0 unspecified atom stereocenters. The Morgan fingerprint density at radius 2 is 1.55 bits per heavy atom. The van der Waals surface area contributed by atoms with Gasteiger partial charge in [-0.1, -0.05) is 23.2 Å². The van der Waals surface area contributed by atoms with E-state index in [1.165, 1.54) is 6.33 Å². The topological polar surface area (TPSA) is 37.8 Å². The van der Waals surface area contributed by atoms with E-state index in [-0.39, 0.29) is 12.4 Å². The zero-order chi connectivity index (χ0) is 13.2. The first kappa shape index (κ1) is 14.9. The van der Waals surface area contributed by atoms with Crippen molar-refractivity contribution in [3.05, 3.63) is 58.8 Å². The minimum absolute atomic E-state index is 0. The molecular formula is C14H10Cl3N3. The summed E-state index contributed by atoms with van der Waals surface area (Å²) in [5.41, 5.74) is 1.75. The molecule has 0 aliphatic heterocycles. The predicted molar refractivity (Wildman–Crippen MR) is 86.5 cm³/mol. The molecule has 3 nitrogen and oxygen atoms in total. The van der Waals surface area contributed by atoms with Crippen molar-refractivity contribution in [2.24, 2.45) is 0 Å². The van der Waals surface area contributed by atoms with Gasteiger partial charge in [0.25, 0.3) is 0 Å². The van der Waals surface area contributed by atoms with Gasteiger partial charge in [-0.05, 0) is 42.5 Å². The quantitative estimate of drug-likeness (QED) is 0.711. The van der Waals surface area contributed by atoms with Crippen molar-refractivity contribution in [3.63, 3.8) is 0 Å². The zero-order valence-corrected chi connectivity index (χ0v) is 12.5. The molecule has 1 aromatic heterocycles. The molecule has 0 aliphatic rings. The number of rotatable bonds is 2. The third kappa shape index (κ3) is 3.12. The summed E-state index contributed by atoms with van der Waals surface area (Å²) in [5.74, 6) is 0.717. The monoisotopic (exact) mass is 325 g/mol. The average Bonchev–Trinajstić information content (AvgIpc) is 2.42. The molecule has 1 heterocycles. The van der Waals surface area contributed by atoms with Crippen LogP contribution in [0.5, 0.6) is 0 Å². The number of nitrogens with zero attached hydrogens (tertiary/aromatic N) is 2. The lowest BCUT2D eigenvalue weighted by Crippen LogP contribution is -1.95. The van der Waals surface area contributed by atoms with Crippen LogP contribution in [0.4, 0.5) is 11.5 Å². The normalized spacial score (nSPS) is 10.1. The van der Waals surface area contributed by atoms with E-state index in [0.29, 0.717) is 10.0 Å². The third-order valence-electron chi connectivity index (χ3n) is 2.70. The smallest absolute Gasteiger partial charge is 0.141 e.